The first-order valence-electron chi connectivity index (χ1n) is 11.2. The highest BCUT2D eigenvalue weighted by molar-refractivity contribution is 7.89. The van der Waals surface area contributed by atoms with Gasteiger partial charge in [-0.25, -0.2) is 8.42 Å². The van der Waals surface area contributed by atoms with Gasteiger partial charge in [0, 0.05) is 45.7 Å². The van der Waals surface area contributed by atoms with E-state index in [1.807, 2.05) is 30.9 Å². The van der Waals surface area contributed by atoms with E-state index in [0.29, 0.717) is 24.5 Å². The number of nitrogens with zero attached hydrogens (tertiary/aromatic N) is 3. The van der Waals surface area contributed by atoms with Crippen LogP contribution >= 0.6 is 0 Å². The third-order valence-electron chi connectivity index (χ3n) is 6.07. The molecule has 2 saturated heterocycles. The average molecular weight is 437 g/mol. The van der Waals surface area contributed by atoms with Gasteiger partial charge in [-0.3, -0.25) is 4.79 Å². The van der Waals surface area contributed by atoms with E-state index in [2.05, 4.69) is 10.2 Å². The molecule has 2 heterocycles. The van der Waals surface area contributed by atoms with E-state index in [1.165, 1.54) is 17.1 Å². The van der Waals surface area contributed by atoms with Crippen LogP contribution < -0.4 is 5.32 Å². The summed E-state index contributed by atoms with van der Waals surface area (Å²) in [6.45, 7) is 10.6. The van der Waals surface area contributed by atoms with Crippen LogP contribution in [0.1, 0.15) is 36.8 Å². The number of carbonyl (C=O) groups excluding carboxylic acids is 1. The van der Waals surface area contributed by atoms with E-state index in [0.717, 1.165) is 50.3 Å². The molecule has 0 unspecified atom stereocenters. The van der Waals surface area contributed by atoms with E-state index >= 15 is 0 Å². The Kier molecular flexibility index (Phi) is 8.27. The van der Waals surface area contributed by atoms with Gasteiger partial charge in [-0.05, 0) is 64.4 Å². The number of carbonyl (C=O) groups is 1. The average Bonchev–Trinajstić information content (AvgIpc) is 3.24. The van der Waals surface area contributed by atoms with Gasteiger partial charge in [0.25, 0.3) is 0 Å². The van der Waals surface area contributed by atoms with Gasteiger partial charge in [-0.15, -0.1) is 0 Å². The molecule has 3 rings (SSSR count). The molecular weight excluding hydrogens is 400 g/mol. The maximum Gasteiger partial charge on any atom is 0.243 e. The summed E-state index contributed by atoms with van der Waals surface area (Å²) in [6, 6.07) is 5.45. The van der Waals surface area contributed by atoms with Crippen LogP contribution in [0.4, 0.5) is 0 Å². The lowest BCUT2D eigenvalue weighted by atomic mass is 10.2. The van der Waals surface area contributed by atoms with Crippen LogP contribution in [0.15, 0.2) is 23.1 Å². The van der Waals surface area contributed by atoms with E-state index in [9.17, 15) is 13.2 Å². The quantitative estimate of drug-likeness (QED) is 0.637. The van der Waals surface area contributed by atoms with Crippen molar-refractivity contribution in [2.24, 2.45) is 0 Å². The Morgan fingerprint density at radius 1 is 1.07 bits per heavy atom. The van der Waals surface area contributed by atoms with Crippen molar-refractivity contribution in [2.75, 3.05) is 58.9 Å². The van der Waals surface area contributed by atoms with E-state index in [4.69, 9.17) is 0 Å². The highest BCUT2D eigenvalue weighted by Crippen LogP contribution is 2.22. The predicted molar refractivity (Wildman–Crippen MR) is 119 cm³/mol. The van der Waals surface area contributed by atoms with Crippen LogP contribution in [-0.4, -0.2) is 87.3 Å². The number of sulfonamides is 1. The summed E-state index contributed by atoms with van der Waals surface area (Å²) in [7, 11) is -3.64. The number of hydrogen-bond donors (Lipinski definition) is 1. The molecule has 8 heteroatoms. The molecule has 0 saturated carbocycles. The van der Waals surface area contributed by atoms with Crippen LogP contribution in [0.3, 0.4) is 0 Å². The van der Waals surface area contributed by atoms with Crippen molar-refractivity contribution in [2.45, 2.75) is 44.4 Å². The maximum atomic E-state index is 13.5. The van der Waals surface area contributed by atoms with Crippen LogP contribution in [-0.2, 0) is 14.8 Å². The van der Waals surface area contributed by atoms with E-state index in [1.54, 1.807) is 6.07 Å². The number of rotatable bonds is 9. The highest BCUT2D eigenvalue weighted by atomic mass is 32.2. The van der Waals surface area contributed by atoms with Gasteiger partial charge in [0.2, 0.25) is 15.9 Å². The molecule has 1 N–H and O–H groups in total. The van der Waals surface area contributed by atoms with Gasteiger partial charge in [0.05, 0.1) is 4.90 Å². The zero-order valence-corrected chi connectivity index (χ0v) is 19.2. The normalized spacial score (nSPS) is 18.3. The summed E-state index contributed by atoms with van der Waals surface area (Å²) in [5, 5.41) is 3.24. The predicted octanol–water partition coefficient (Wildman–Crippen LogP) is 1.60. The number of benzene rings is 1. The molecule has 168 valence electrons. The summed E-state index contributed by atoms with van der Waals surface area (Å²) in [5.74, 6) is 0.0388. The number of amides is 1. The van der Waals surface area contributed by atoms with Crippen LogP contribution in [0.25, 0.3) is 0 Å². The second-order valence-corrected chi connectivity index (χ2v) is 10.4. The smallest absolute Gasteiger partial charge is 0.243 e. The van der Waals surface area contributed by atoms with Crippen molar-refractivity contribution < 1.29 is 13.2 Å². The third-order valence-corrected chi connectivity index (χ3v) is 8.13. The SMILES string of the molecule is Cc1ccc(S(=O)(=O)N(CCCN2CCCC2)CCC(=O)N2CCNCC2)c(C)c1. The number of aryl methyl sites for hydroxylation is 2. The third kappa shape index (κ3) is 6.03. The number of hydrogen-bond acceptors (Lipinski definition) is 5. The Labute approximate surface area is 181 Å². The Balaban J connectivity index is 1.69. The summed E-state index contributed by atoms with van der Waals surface area (Å²) in [6.07, 6.45) is 3.47. The highest BCUT2D eigenvalue weighted by Gasteiger charge is 2.27. The minimum absolute atomic E-state index is 0.0388. The van der Waals surface area contributed by atoms with Crippen molar-refractivity contribution in [1.82, 2.24) is 19.4 Å². The fraction of sp³-hybridized carbons (Fsp3) is 0.682. The van der Waals surface area contributed by atoms with Crippen molar-refractivity contribution in [3.05, 3.63) is 29.3 Å². The second kappa shape index (κ2) is 10.7. The molecule has 7 nitrogen and oxygen atoms in total. The first-order valence-corrected chi connectivity index (χ1v) is 12.6. The molecule has 0 bridgehead atoms. The largest absolute Gasteiger partial charge is 0.340 e. The van der Waals surface area contributed by atoms with E-state index in [-0.39, 0.29) is 18.9 Å². The van der Waals surface area contributed by atoms with Gasteiger partial charge >= 0.3 is 0 Å². The van der Waals surface area contributed by atoms with Crippen LogP contribution in [0.2, 0.25) is 0 Å². The topological polar surface area (TPSA) is 73.0 Å². The fourth-order valence-electron chi connectivity index (χ4n) is 4.35. The van der Waals surface area contributed by atoms with Gasteiger partial charge in [0.1, 0.15) is 0 Å². The van der Waals surface area contributed by atoms with Gasteiger partial charge in [-0.2, -0.15) is 4.31 Å². The minimum Gasteiger partial charge on any atom is -0.340 e. The lowest BCUT2D eigenvalue weighted by molar-refractivity contribution is -0.131. The van der Waals surface area contributed by atoms with Crippen LogP contribution in [0.5, 0.6) is 0 Å². The molecule has 2 aliphatic heterocycles. The standard InChI is InChI=1S/C22H36N4O3S/c1-19-6-7-21(20(2)18-19)30(28,29)26(14-5-13-24-11-3-4-12-24)15-8-22(27)25-16-9-23-10-17-25/h6-7,18,23H,3-5,8-17H2,1-2H3. The van der Waals surface area contributed by atoms with Gasteiger partial charge < -0.3 is 15.1 Å². The molecule has 1 aromatic carbocycles. The molecule has 2 aliphatic rings. The van der Waals surface area contributed by atoms with Crippen molar-refractivity contribution in [1.29, 1.82) is 0 Å². The van der Waals surface area contributed by atoms with Crippen molar-refractivity contribution in [3.63, 3.8) is 0 Å². The molecule has 0 radical (unpaired) electrons. The molecular formula is C22H36N4O3S. The second-order valence-electron chi connectivity index (χ2n) is 8.46. The van der Waals surface area contributed by atoms with Crippen molar-refractivity contribution in [3.8, 4) is 0 Å². The number of piperazine rings is 1. The minimum atomic E-state index is -3.64. The number of likely N-dealkylation sites (tertiary alicyclic amines) is 1. The first kappa shape index (κ1) is 23.2. The van der Waals surface area contributed by atoms with Gasteiger partial charge in [0.15, 0.2) is 0 Å². The monoisotopic (exact) mass is 436 g/mol. The Hall–Kier alpha value is -1.48. The summed E-state index contributed by atoms with van der Waals surface area (Å²) in [5.41, 5.74) is 1.80. The zero-order chi connectivity index (χ0) is 21.6. The first-order chi connectivity index (χ1) is 14.4. The molecule has 0 spiro atoms. The molecule has 30 heavy (non-hydrogen) atoms. The fourth-order valence-corrected chi connectivity index (χ4v) is 6.03. The summed E-state index contributed by atoms with van der Waals surface area (Å²) >= 11 is 0. The molecule has 1 amide bonds. The van der Waals surface area contributed by atoms with Crippen molar-refractivity contribution >= 4 is 15.9 Å². The summed E-state index contributed by atoms with van der Waals surface area (Å²) < 4.78 is 28.4. The molecule has 0 aliphatic carbocycles. The molecule has 0 atom stereocenters. The Bertz CT molecular complexity index is 816. The lowest BCUT2D eigenvalue weighted by Crippen LogP contribution is -2.47. The Morgan fingerprint density at radius 3 is 2.43 bits per heavy atom. The zero-order valence-electron chi connectivity index (χ0n) is 18.4. The number of nitrogens with one attached hydrogen (secondary N) is 1. The maximum absolute atomic E-state index is 13.5. The lowest BCUT2D eigenvalue weighted by Gasteiger charge is -2.29. The molecule has 1 aromatic rings. The van der Waals surface area contributed by atoms with Gasteiger partial charge in [-0.1, -0.05) is 17.7 Å². The molecule has 2 fully saturated rings. The van der Waals surface area contributed by atoms with Crippen LogP contribution in [0, 0.1) is 13.8 Å². The Morgan fingerprint density at radius 2 is 1.77 bits per heavy atom. The summed E-state index contributed by atoms with van der Waals surface area (Å²) in [4.78, 5) is 17.2. The molecule has 0 aromatic heterocycles. The van der Waals surface area contributed by atoms with E-state index < -0.39 is 10.0 Å².